The van der Waals surface area contributed by atoms with Gasteiger partial charge in [-0.3, -0.25) is 0 Å². The molecule has 2 rings (SSSR count). The van der Waals surface area contributed by atoms with E-state index in [1.54, 1.807) is 0 Å². The molecule has 18 heavy (non-hydrogen) atoms. The second kappa shape index (κ2) is 5.95. The topological polar surface area (TPSA) is 32.3 Å². The molecule has 1 saturated carbocycles. The molecule has 0 heterocycles. The van der Waals surface area contributed by atoms with Gasteiger partial charge in [0.25, 0.3) is 6.43 Å². The van der Waals surface area contributed by atoms with Crippen molar-refractivity contribution in [2.24, 2.45) is 0 Å². The quantitative estimate of drug-likeness (QED) is 0.866. The van der Waals surface area contributed by atoms with Crippen molar-refractivity contribution in [3.63, 3.8) is 0 Å². The summed E-state index contributed by atoms with van der Waals surface area (Å²) < 4.78 is 24.2. The molecule has 0 radical (unpaired) electrons. The summed E-state index contributed by atoms with van der Waals surface area (Å²) >= 11 is 5.81. The Balaban J connectivity index is 1.72. The third-order valence-corrected chi connectivity index (χ3v) is 3.64. The van der Waals surface area contributed by atoms with Crippen LogP contribution in [0.4, 0.5) is 8.78 Å². The van der Waals surface area contributed by atoms with Crippen molar-refractivity contribution in [2.45, 2.75) is 37.3 Å². The Morgan fingerprint density at radius 3 is 2.44 bits per heavy atom. The maximum atomic E-state index is 12.1. The predicted molar refractivity (Wildman–Crippen MR) is 67.2 cm³/mol. The molecule has 0 bridgehead atoms. The Kier molecular flexibility index (Phi) is 4.54. The van der Waals surface area contributed by atoms with Crippen LogP contribution in [0.1, 0.15) is 24.3 Å². The number of halogens is 3. The number of nitrogens with one attached hydrogen (secondary N) is 1. The summed E-state index contributed by atoms with van der Waals surface area (Å²) in [5.74, 6) is 0.462. The van der Waals surface area contributed by atoms with E-state index in [1.165, 1.54) is 5.56 Å². The summed E-state index contributed by atoms with van der Waals surface area (Å²) in [5.41, 5.74) is 1.23. The van der Waals surface area contributed by atoms with E-state index in [0.29, 0.717) is 10.9 Å². The normalized spacial score (nSPS) is 24.9. The fourth-order valence-electron chi connectivity index (χ4n) is 2.17. The van der Waals surface area contributed by atoms with Crippen LogP contribution in [-0.4, -0.2) is 30.2 Å². The van der Waals surface area contributed by atoms with Crippen LogP contribution in [0.25, 0.3) is 0 Å². The van der Waals surface area contributed by atoms with Gasteiger partial charge in [0.2, 0.25) is 0 Å². The van der Waals surface area contributed by atoms with Crippen LogP contribution in [0.2, 0.25) is 5.02 Å². The van der Waals surface area contributed by atoms with Crippen LogP contribution in [0, 0.1) is 0 Å². The minimum absolute atomic E-state index is 0.0460. The number of hydrogen-bond acceptors (Lipinski definition) is 2. The van der Waals surface area contributed by atoms with Gasteiger partial charge in [-0.1, -0.05) is 23.7 Å². The molecule has 1 atom stereocenters. The summed E-state index contributed by atoms with van der Waals surface area (Å²) in [4.78, 5) is 0. The van der Waals surface area contributed by atoms with E-state index in [0.717, 1.165) is 12.8 Å². The van der Waals surface area contributed by atoms with Crippen LogP contribution in [-0.2, 0) is 0 Å². The molecule has 1 aromatic rings. The van der Waals surface area contributed by atoms with Crippen LogP contribution in [0.3, 0.4) is 0 Å². The second-order valence-corrected chi connectivity index (χ2v) is 5.16. The fourth-order valence-corrected chi connectivity index (χ4v) is 2.29. The van der Waals surface area contributed by atoms with Gasteiger partial charge in [-0.05, 0) is 36.5 Å². The Hall–Kier alpha value is -0.710. The highest BCUT2D eigenvalue weighted by Gasteiger charge is 2.30. The van der Waals surface area contributed by atoms with Crippen LogP contribution in [0.5, 0.6) is 0 Å². The molecule has 0 aromatic heterocycles. The van der Waals surface area contributed by atoms with Crippen molar-refractivity contribution in [1.82, 2.24) is 5.32 Å². The largest absolute Gasteiger partial charge is 0.386 e. The van der Waals surface area contributed by atoms with E-state index in [4.69, 9.17) is 16.7 Å². The highest BCUT2D eigenvalue weighted by molar-refractivity contribution is 6.30. The highest BCUT2D eigenvalue weighted by Crippen LogP contribution is 2.37. The molecule has 100 valence electrons. The monoisotopic (exact) mass is 275 g/mol. The number of alkyl halides is 2. The van der Waals surface area contributed by atoms with Gasteiger partial charge in [0.1, 0.15) is 6.10 Å². The number of hydrogen-bond donors (Lipinski definition) is 2. The lowest BCUT2D eigenvalue weighted by Gasteiger charge is -2.36. The zero-order valence-corrected chi connectivity index (χ0v) is 10.6. The zero-order valence-electron chi connectivity index (χ0n) is 9.82. The Bertz CT molecular complexity index is 379. The van der Waals surface area contributed by atoms with Gasteiger partial charge in [0.05, 0.1) is 0 Å². The van der Waals surface area contributed by atoms with E-state index >= 15 is 0 Å². The third kappa shape index (κ3) is 3.40. The van der Waals surface area contributed by atoms with Crippen LogP contribution in [0.15, 0.2) is 24.3 Å². The Morgan fingerprint density at radius 1 is 1.28 bits per heavy atom. The SMILES string of the molecule is OC(CNC1CC(c2ccc(Cl)cc2)C1)C(F)F. The first-order chi connectivity index (χ1) is 8.56. The number of aliphatic hydroxyl groups is 1. The molecule has 5 heteroatoms. The highest BCUT2D eigenvalue weighted by atomic mass is 35.5. The van der Waals surface area contributed by atoms with Crippen LogP contribution >= 0.6 is 11.6 Å². The number of benzene rings is 1. The maximum absolute atomic E-state index is 12.1. The van der Waals surface area contributed by atoms with Crippen molar-refractivity contribution in [3.8, 4) is 0 Å². The van der Waals surface area contributed by atoms with Gasteiger partial charge >= 0.3 is 0 Å². The second-order valence-electron chi connectivity index (χ2n) is 4.73. The first kappa shape index (κ1) is 13.7. The van der Waals surface area contributed by atoms with Gasteiger partial charge in [-0.15, -0.1) is 0 Å². The Labute approximate surface area is 110 Å². The summed E-state index contributed by atoms with van der Waals surface area (Å²) in [7, 11) is 0. The molecule has 0 amide bonds. The van der Waals surface area contributed by atoms with E-state index in [1.807, 2.05) is 24.3 Å². The summed E-state index contributed by atoms with van der Waals surface area (Å²) in [5, 5.41) is 12.7. The molecule has 1 fully saturated rings. The lowest BCUT2D eigenvalue weighted by atomic mass is 9.76. The molecule has 1 aliphatic carbocycles. The third-order valence-electron chi connectivity index (χ3n) is 3.39. The molecule has 2 nitrogen and oxygen atoms in total. The average molecular weight is 276 g/mol. The van der Waals surface area contributed by atoms with E-state index in [-0.39, 0.29) is 12.6 Å². The standard InChI is InChI=1S/C13H16ClF2NO/c14-10-3-1-8(2-4-10)9-5-11(6-9)17-7-12(18)13(15)16/h1-4,9,11-13,17-18H,5-7H2. The van der Waals surface area contributed by atoms with Crippen LogP contribution < -0.4 is 5.32 Å². The molecular formula is C13H16ClF2NO. The molecule has 1 unspecified atom stereocenters. The van der Waals surface area contributed by atoms with Crippen molar-refractivity contribution < 1.29 is 13.9 Å². The van der Waals surface area contributed by atoms with E-state index in [9.17, 15) is 8.78 Å². The zero-order chi connectivity index (χ0) is 13.1. The van der Waals surface area contributed by atoms with Gasteiger partial charge in [0, 0.05) is 17.6 Å². The van der Waals surface area contributed by atoms with Crippen molar-refractivity contribution >= 4 is 11.6 Å². The first-order valence-electron chi connectivity index (χ1n) is 6.01. The predicted octanol–water partition coefficient (Wildman–Crippen LogP) is 2.80. The fraction of sp³-hybridized carbons (Fsp3) is 0.538. The number of rotatable bonds is 5. The molecule has 1 aliphatic rings. The lowest BCUT2D eigenvalue weighted by molar-refractivity contribution is -0.00634. The van der Waals surface area contributed by atoms with Gasteiger partial charge in [0.15, 0.2) is 0 Å². The Morgan fingerprint density at radius 2 is 1.89 bits per heavy atom. The minimum Gasteiger partial charge on any atom is -0.386 e. The first-order valence-corrected chi connectivity index (χ1v) is 6.39. The summed E-state index contributed by atoms with van der Waals surface area (Å²) in [6.45, 7) is -0.0460. The van der Waals surface area contributed by atoms with Gasteiger partial charge in [-0.2, -0.15) is 0 Å². The maximum Gasteiger partial charge on any atom is 0.265 e. The molecule has 0 spiro atoms. The van der Waals surface area contributed by atoms with Crippen molar-refractivity contribution in [1.29, 1.82) is 0 Å². The summed E-state index contributed by atoms with van der Waals surface area (Å²) in [6, 6.07) is 7.93. The molecular weight excluding hydrogens is 260 g/mol. The van der Waals surface area contributed by atoms with Gasteiger partial charge < -0.3 is 10.4 Å². The number of aliphatic hydroxyl groups excluding tert-OH is 1. The van der Waals surface area contributed by atoms with Gasteiger partial charge in [-0.25, -0.2) is 8.78 Å². The smallest absolute Gasteiger partial charge is 0.265 e. The summed E-state index contributed by atoms with van der Waals surface area (Å²) in [6.07, 6.45) is -2.42. The average Bonchev–Trinajstić information content (AvgIpc) is 2.28. The minimum atomic E-state index is -2.68. The lowest BCUT2D eigenvalue weighted by Crippen LogP contribution is -2.44. The molecule has 1 aromatic carbocycles. The van der Waals surface area contributed by atoms with E-state index < -0.39 is 12.5 Å². The van der Waals surface area contributed by atoms with Crippen molar-refractivity contribution in [3.05, 3.63) is 34.9 Å². The van der Waals surface area contributed by atoms with Crippen molar-refractivity contribution in [2.75, 3.05) is 6.54 Å². The van der Waals surface area contributed by atoms with E-state index in [2.05, 4.69) is 5.32 Å². The molecule has 2 N–H and O–H groups in total. The molecule has 0 saturated heterocycles. The molecule has 0 aliphatic heterocycles.